The Balaban J connectivity index is 1.63. The molecule has 0 saturated carbocycles. The molecule has 1 atom stereocenters. The molecule has 1 saturated heterocycles. The normalized spacial score (nSPS) is 18.3. The van der Waals surface area contributed by atoms with Crippen molar-refractivity contribution in [2.45, 2.75) is 32.8 Å². The maximum Gasteiger partial charge on any atom is 0.273 e. The molecule has 1 aliphatic rings. The molecule has 0 bridgehead atoms. The Morgan fingerprint density at radius 3 is 2.91 bits per heavy atom. The highest BCUT2D eigenvalue weighted by Crippen LogP contribution is 2.19. The number of aryl methyl sites for hydroxylation is 2. The van der Waals surface area contributed by atoms with Gasteiger partial charge in [0, 0.05) is 18.0 Å². The number of thiazole rings is 1. The maximum absolute atomic E-state index is 12.4. The quantitative estimate of drug-likeness (QED) is 0.868. The van der Waals surface area contributed by atoms with Crippen LogP contribution in [0, 0.1) is 13.8 Å². The highest BCUT2D eigenvalue weighted by atomic mass is 32.1. The van der Waals surface area contributed by atoms with Gasteiger partial charge in [0.15, 0.2) is 0 Å². The molecule has 2 aromatic rings. The Hall–Kier alpha value is -2.02. The fourth-order valence-corrected chi connectivity index (χ4v) is 3.05. The van der Waals surface area contributed by atoms with Gasteiger partial charge in [0.1, 0.15) is 11.8 Å². The molecule has 2 aromatic heterocycles. The monoisotopic (exact) mass is 318 g/mol. The van der Waals surface area contributed by atoms with Crippen LogP contribution < -0.4 is 4.74 Å². The Morgan fingerprint density at radius 1 is 1.36 bits per heavy atom. The van der Waals surface area contributed by atoms with E-state index in [0.29, 0.717) is 18.1 Å². The number of hydrogen-bond acceptors (Lipinski definition) is 6. The first kappa shape index (κ1) is 14.9. The summed E-state index contributed by atoms with van der Waals surface area (Å²) < 4.78 is 5.85. The second-order valence-electron chi connectivity index (χ2n) is 5.40. The summed E-state index contributed by atoms with van der Waals surface area (Å²) >= 11 is 1.49. The number of likely N-dealkylation sites (tertiary alicyclic amines) is 1. The number of carbonyl (C=O) groups excluding carboxylic acids is 1. The second kappa shape index (κ2) is 6.39. The maximum atomic E-state index is 12.4. The van der Waals surface area contributed by atoms with Gasteiger partial charge in [0.25, 0.3) is 5.91 Å². The van der Waals surface area contributed by atoms with E-state index >= 15 is 0 Å². The lowest BCUT2D eigenvalue weighted by atomic mass is 10.1. The van der Waals surface area contributed by atoms with Crippen molar-refractivity contribution in [1.29, 1.82) is 0 Å². The Bertz CT molecular complexity index is 656. The van der Waals surface area contributed by atoms with Gasteiger partial charge in [-0.15, -0.1) is 16.4 Å². The molecule has 3 heterocycles. The molecule has 0 radical (unpaired) electrons. The number of aromatic nitrogens is 3. The Kier molecular flexibility index (Phi) is 4.33. The van der Waals surface area contributed by atoms with E-state index in [1.165, 1.54) is 11.3 Å². The highest BCUT2D eigenvalue weighted by molar-refractivity contribution is 7.09. The van der Waals surface area contributed by atoms with E-state index in [-0.39, 0.29) is 12.0 Å². The Labute approximate surface area is 133 Å². The molecule has 0 aromatic carbocycles. The van der Waals surface area contributed by atoms with E-state index in [1.807, 2.05) is 36.3 Å². The van der Waals surface area contributed by atoms with Crippen LogP contribution in [0.5, 0.6) is 5.88 Å². The zero-order chi connectivity index (χ0) is 15.5. The van der Waals surface area contributed by atoms with Gasteiger partial charge in [-0.3, -0.25) is 4.79 Å². The number of rotatable bonds is 3. The van der Waals surface area contributed by atoms with Crippen LogP contribution in [0.25, 0.3) is 0 Å². The van der Waals surface area contributed by atoms with Crippen molar-refractivity contribution in [2.24, 2.45) is 0 Å². The van der Waals surface area contributed by atoms with Crippen LogP contribution in [-0.2, 0) is 0 Å². The number of ether oxygens (including phenoxy) is 1. The number of piperidine rings is 1. The number of nitrogens with zero attached hydrogens (tertiary/aromatic N) is 4. The predicted octanol–water partition coefficient (Wildman–Crippen LogP) is 2.23. The fourth-order valence-electron chi connectivity index (χ4n) is 2.46. The van der Waals surface area contributed by atoms with E-state index in [0.717, 1.165) is 30.1 Å². The zero-order valence-electron chi connectivity index (χ0n) is 12.7. The van der Waals surface area contributed by atoms with Gasteiger partial charge in [0.2, 0.25) is 5.88 Å². The van der Waals surface area contributed by atoms with Gasteiger partial charge < -0.3 is 9.64 Å². The van der Waals surface area contributed by atoms with Crippen LogP contribution in [0.3, 0.4) is 0 Å². The van der Waals surface area contributed by atoms with Gasteiger partial charge >= 0.3 is 0 Å². The molecule has 1 fully saturated rings. The van der Waals surface area contributed by atoms with Gasteiger partial charge in [-0.05, 0) is 32.8 Å². The zero-order valence-corrected chi connectivity index (χ0v) is 13.5. The lowest BCUT2D eigenvalue weighted by Crippen LogP contribution is -2.44. The van der Waals surface area contributed by atoms with E-state index in [4.69, 9.17) is 4.74 Å². The first-order valence-electron chi connectivity index (χ1n) is 7.30. The van der Waals surface area contributed by atoms with Gasteiger partial charge in [-0.1, -0.05) is 0 Å². The van der Waals surface area contributed by atoms with Crippen LogP contribution >= 0.6 is 11.3 Å². The summed E-state index contributed by atoms with van der Waals surface area (Å²) in [5, 5.41) is 10.7. The highest BCUT2D eigenvalue weighted by Gasteiger charge is 2.27. The second-order valence-corrected chi connectivity index (χ2v) is 6.46. The first-order valence-corrected chi connectivity index (χ1v) is 8.18. The van der Waals surface area contributed by atoms with Crippen molar-refractivity contribution in [3.63, 3.8) is 0 Å². The summed E-state index contributed by atoms with van der Waals surface area (Å²) in [5.41, 5.74) is 1.38. The number of amides is 1. The van der Waals surface area contributed by atoms with Crippen LogP contribution in [-0.4, -0.2) is 45.2 Å². The molecule has 1 amide bonds. The molecule has 7 heteroatoms. The summed E-state index contributed by atoms with van der Waals surface area (Å²) in [6.07, 6.45) is 1.78. The van der Waals surface area contributed by atoms with Crippen LogP contribution in [0.15, 0.2) is 17.5 Å². The SMILES string of the molecule is Cc1ccc(O[C@@H]2CCCN(C(=O)c3csc(C)n3)C2)nn1. The number of carbonyl (C=O) groups is 1. The third-order valence-corrected chi connectivity index (χ3v) is 4.34. The molecule has 1 aliphatic heterocycles. The van der Waals surface area contributed by atoms with Gasteiger partial charge in [-0.25, -0.2) is 4.98 Å². The summed E-state index contributed by atoms with van der Waals surface area (Å²) in [5.74, 6) is 0.488. The third kappa shape index (κ3) is 3.41. The van der Waals surface area contributed by atoms with E-state index in [1.54, 1.807) is 0 Å². The lowest BCUT2D eigenvalue weighted by molar-refractivity contribution is 0.0521. The summed E-state index contributed by atoms with van der Waals surface area (Å²) in [7, 11) is 0. The van der Waals surface area contributed by atoms with Crippen molar-refractivity contribution < 1.29 is 9.53 Å². The predicted molar refractivity (Wildman–Crippen MR) is 83.2 cm³/mol. The largest absolute Gasteiger partial charge is 0.471 e. The molecule has 0 unspecified atom stereocenters. The van der Waals surface area contributed by atoms with Crippen LogP contribution in [0.4, 0.5) is 0 Å². The van der Waals surface area contributed by atoms with Crippen molar-refractivity contribution in [3.05, 3.63) is 33.9 Å². The van der Waals surface area contributed by atoms with Crippen molar-refractivity contribution in [3.8, 4) is 5.88 Å². The van der Waals surface area contributed by atoms with Gasteiger partial charge in [0.05, 0.1) is 17.2 Å². The Morgan fingerprint density at radius 2 is 2.23 bits per heavy atom. The van der Waals surface area contributed by atoms with Crippen LogP contribution in [0.2, 0.25) is 0 Å². The molecular formula is C15H18N4O2S. The summed E-state index contributed by atoms with van der Waals surface area (Å²) in [6.45, 7) is 5.09. The molecule has 116 valence electrons. The standard InChI is InChI=1S/C15H18N4O2S/c1-10-5-6-14(18-17-10)21-12-4-3-7-19(8-12)15(20)13-9-22-11(2)16-13/h5-6,9,12H,3-4,7-8H2,1-2H3/t12-/m1/s1. The van der Waals surface area contributed by atoms with E-state index < -0.39 is 0 Å². The molecule has 6 nitrogen and oxygen atoms in total. The molecular weight excluding hydrogens is 300 g/mol. The third-order valence-electron chi connectivity index (χ3n) is 3.56. The summed E-state index contributed by atoms with van der Waals surface area (Å²) in [4.78, 5) is 18.5. The first-order chi connectivity index (χ1) is 10.6. The molecule has 0 spiro atoms. The topological polar surface area (TPSA) is 68.2 Å². The molecule has 0 aliphatic carbocycles. The average Bonchev–Trinajstić information content (AvgIpc) is 2.96. The lowest BCUT2D eigenvalue weighted by Gasteiger charge is -2.32. The molecule has 0 N–H and O–H groups in total. The van der Waals surface area contributed by atoms with E-state index in [2.05, 4.69) is 15.2 Å². The minimum absolute atomic E-state index is 0.0207. The molecule has 3 rings (SSSR count). The number of hydrogen-bond donors (Lipinski definition) is 0. The minimum Gasteiger partial charge on any atom is -0.471 e. The minimum atomic E-state index is -0.0468. The van der Waals surface area contributed by atoms with Crippen LogP contribution in [0.1, 0.15) is 34.0 Å². The van der Waals surface area contributed by atoms with E-state index in [9.17, 15) is 4.79 Å². The van der Waals surface area contributed by atoms with Gasteiger partial charge in [-0.2, -0.15) is 5.10 Å². The summed E-state index contributed by atoms with van der Waals surface area (Å²) in [6, 6.07) is 3.68. The van der Waals surface area contributed by atoms with Crippen molar-refractivity contribution in [2.75, 3.05) is 13.1 Å². The van der Waals surface area contributed by atoms with Crippen molar-refractivity contribution in [1.82, 2.24) is 20.1 Å². The average molecular weight is 318 g/mol. The fraction of sp³-hybridized carbons (Fsp3) is 0.467. The van der Waals surface area contributed by atoms with Crippen molar-refractivity contribution >= 4 is 17.2 Å². The smallest absolute Gasteiger partial charge is 0.273 e. The molecule has 22 heavy (non-hydrogen) atoms.